The minimum absolute atomic E-state index is 0.0762. The Hall–Kier alpha value is -2.53. The highest BCUT2D eigenvalue weighted by Gasteiger charge is 2.28. The van der Waals surface area contributed by atoms with E-state index in [2.05, 4.69) is 11.1 Å². The summed E-state index contributed by atoms with van der Waals surface area (Å²) in [5.74, 6) is -0.358. The summed E-state index contributed by atoms with van der Waals surface area (Å²) in [6.45, 7) is 2.71. The molecule has 1 aromatic heterocycles. The summed E-state index contributed by atoms with van der Waals surface area (Å²) < 4.78 is 13.0. The first-order valence-corrected chi connectivity index (χ1v) is 8.63. The van der Waals surface area contributed by atoms with Crippen LogP contribution in [0.5, 0.6) is 0 Å². The molecular weight excluding hydrogens is 323 g/mol. The lowest BCUT2D eigenvalue weighted by Gasteiger charge is -2.18. The lowest BCUT2D eigenvalue weighted by atomic mass is 10.1. The number of amides is 1. The van der Waals surface area contributed by atoms with Crippen LogP contribution in [0.15, 0.2) is 47.8 Å². The van der Waals surface area contributed by atoms with Crippen LogP contribution in [-0.4, -0.2) is 17.4 Å². The number of aryl methyl sites for hydroxylation is 1. The molecule has 1 aliphatic heterocycles. The third-order valence-corrected chi connectivity index (χ3v) is 5.15. The van der Waals surface area contributed by atoms with E-state index in [1.54, 1.807) is 17.5 Å². The number of rotatable bonds is 2. The number of benzene rings is 2. The Labute approximate surface area is 143 Å². The smallest absolute Gasteiger partial charge is 0.277 e. The van der Waals surface area contributed by atoms with Gasteiger partial charge in [-0.3, -0.25) is 4.79 Å². The number of anilines is 1. The van der Waals surface area contributed by atoms with Crippen molar-refractivity contribution >= 4 is 22.9 Å². The first-order chi connectivity index (χ1) is 11.6. The van der Waals surface area contributed by atoms with Crippen molar-refractivity contribution in [1.29, 1.82) is 0 Å². The lowest BCUT2D eigenvalue weighted by molar-refractivity contribution is 0.0985. The maximum atomic E-state index is 13.0. The second kappa shape index (κ2) is 5.83. The van der Waals surface area contributed by atoms with E-state index < -0.39 is 0 Å². The van der Waals surface area contributed by atoms with Gasteiger partial charge < -0.3 is 4.90 Å². The van der Waals surface area contributed by atoms with Crippen molar-refractivity contribution in [3.63, 3.8) is 0 Å². The summed E-state index contributed by atoms with van der Waals surface area (Å²) in [7, 11) is 0. The van der Waals surface area contributed by atoms with Gasteiger partial charge >= 0.3 is 0 Å². The number of hydrogen-bond donors (Lipinski definition) is 0. The molecule has 3 nitrogen and oxygen atoms in total. The molecule has 0 unspecified atom stereocenters. The maximum absolute atomic E-state index is 13.0. The van der Waals surface area contributed by atoms with Crippen molar-refractivity contribution in [2.45, 2.75) is 13.3 Å². The molecule has 0 bridgehead atoms. The Kier molecular flexibility index (Phi) is 3.65. The van der Waals surface area contributed by atoms with Gasteiger partial charge in [-0.15, -0.1) is 11.3 Å². The number of halogens is 1. The second-order valence-electron chi connectivity index (χ2n) is 5.83. The zero-order chi connectivity index (χ0) is 16.7. The van der Waals surface area contributed by atoms with Crippen molar-refractivity contribution in [3.8, 4) is 10.6 Å². The van der Waals surface area contributed by atoms with Gasteiger partial charge in [0.15, 0.2) is 0 Å². The molecule has 4 rings (SSSR count). The minimum atomic E-state index is -0.282. The number of para-hydroxylation sites is 1. The molecule has 0 saturated heterocycles. The van der Waals surface area contributed by atoms with Crippen LogP contribution in [0.1, 0.15) is 21.6 Å². The Bertz CT molecular complexity index is 917. The first kappa shape index (κ1) is 15.0. The Morgan fingerprint density at radius 1 is 1.21 bits per heavy atom. The van der Waals surface area contributed by atoms with Crippen LogP contribution in [0.25, 0.3) is 10.6 Å². The molecule has 5 heteroatoms. The van der Waals surface area contributed by atoms with Crippen molar-refractivity contribution in [2.75, 3.05) is 11.4 Å². The highest BCUT2D eigenvalue weighted by atomic mass is 32.1. The molecule has 0 atom stereocenters. The average Bonchev–Trinajstić information content (AvgIpc) is 3.23. The number of nitrogens with zero attached hydrogens (tertiary/aromatic N) is 2. The van der Waals surface area contributed by atoms with Crippen LogP contribution in [-0.2, 0) is 6.42 Å². The van der Waals surface area contributed by atoms with E-state index in [-0.39, 0.29) is 11.7 Å². The molecule has 0 N–H and O–H groups in total. The van der Waals surface area contributed by atoms with Gasteiger partial charge in [0.1, 0.15) is 16.5 Å². The SMILES string of the molecule is Cc1cccc2c1N(C(=O)c1csc(-c3ccc(F)cc3)n1)CC2. The minimum Gasteiger partial charge on any atom is -0.306 e. The van der Waals surface area contributed by atoms with E-state index in [4.69, 9.17) is 0 Å². The van der Waals surface area contributed by atoms with E-state index in [0.717, 1.165) is 28.2 Å². The number of thiazole rings is 1. The van der Waals surface area contributed by atoms with E-state index in [0.29, 0.717) is 12.2 Å². The Balaban J connectivity index is 1.64. The van der Waals surface area contributed by atoms with Crippen molar-refractivity contribution in [1.82, 2.24) is 4.98 Å². The van der Waals surface area contributed by atoms with Crippen molar-refractivity contribution < 1.29 is 9.18 Å². The fraction of sp³-hybridized carbons (Fsp3) is 0.158. The monoisotopic (exact) mass is 338 g/mol. The molecule has 1 aliphatic rings. The van der Waals surface area contributed by atoms with Gasteiger partial charge in [-0.2, -0.15) is 0 Å². The van der Waals surface area contributed by atoms with Crippen LogP contribution in [0, 0.1) is 12.7 Å². The fourth-order valence-corrected chi connectivity index (χ4v) is 3.89. The summed E-state index contributed by atoms with van der Waals surface area (Å²) >= 11 is 1.40. The predicted octanol–water partition coefficient (Wildman–Crippen LogP) is 4.46. The molecule has 0 aliphatic carbocycles. The Morgan fingerprint density at radius 2 is 2.00 bits per heavy atom. The molecule has 2 aromatic carbocycles. The van der Waals surface area contributed by atoms with Gasteiger partial charge in [-0.05, 0) is 48.7 Å². The van der Waals surface area contributed by atoms with E-state index in [1.165, 1.54) is 29.0 Å². The Morgan fingerprint density at radius 3 is 2.79 bits per heavy atom. The van der Waals surface area contributed by atoms with E-state index in [1.807, 2.05) is 24.0 Å². The highest BCUT2D eigenvalue weighted by Crippen LogP contribution is 2.33. The largest absolute Gasteiger partial charge is 0.306 e. The van der Waals surface area contributed by atoms with Crippen LogP contribution >= 0.6 is 11.3 Å². The normalized spacial score (nSPS) is 13.2. The quantitative estimate of drug-likeness (QED) is 0.691. The van der Waals surface area contributed by atoms with Crippen LogP contribution in [0.4, 0.5) is 10.1 Å². The third-order valence-electron chi connectivity index (χ3n) is 4.26. The van der Waals surface area contributed by atoms with Crippen LogP contribution in [0.3, 0.4) is 0 Å². The second-order valence-corrected chi connectivity index (χ2v) is 6.69. The molecule has 120 valence electrons. The highest BCUT2D eigenvalue weighted by molar-refractivity contribution is 7.13. The number of fused-ring (bicyclic) bond motifs is 1. The fourth-order valence-electron chi connectivity index (χ4n) is 3.09. The number of hydrogen-bond acceptors (Lipinski definition) is 3. The summed E-state index contributed by atoms with van der Waals surface area (Å²) in [6.07, 6.45) is 0.873. The van der Waals surface area contributed by atoms with Gasteiger partial charge in [-0.1, -0.05) is 18.2 Å². The molecular formula is C19H15FN2OS. The van der Waals surface area contributed by atoms with Crippen LogP contribution < -0.4 is 4.90 Å². The summed E-state index contributed by atoms with van der Waals surface area (Å²) in [6, 6.07) is 12.3. The first-order valence-electron chi connectivity index (χ1n) is 7.75. The van der Waals surface area contributed by atoms with E-state index >= 15 is 0 Å². The van der Waals surface area contributed by atoms with Crippen molar-refractivity contribution in [3.05, 3.63) is 70.5 Å². The van der Waals surface area contributed by atoms with Gasteiger partial charge in [0, 0.05) is 17.5 Å². The molecule has 3 aromatic rings. The summed E-state index contributed by atoms with van der Waals surface area (Å²) in [5, 5.41) is 2.50. The van der Waals surface area contributed by atoms with E-state index in [9.17, 15) is 9.18 Å². The van der Waals surface area contributed by atoms with Gasteiger partial charge in [0.25, 0.3) is 5.91 Å². The van der Waals surface area contributed by atoms with Gasteiger partial charge in [0.2, 0.25) is 0 Å². The zero-order valence-corrected chi connectivity index (χ0v) is 13.9. The van der Waals surface area contributed by atoms with Gasteiger partial charge in [-0.25, -0.2) is 9.37 Å². The van der Waals surface area contributed by atoms with Crippen LogP contribution in [0.2, 0.25) is 0 Å². The standard InChI is InChI=1S/C19H15FN2OS/c1-12-3-2-4-13-9-10-22(17(12)13)19(23)16-11-24-18(21-16)14-5-7-15(20)8-6-14/h2-8,11H,9-10H2,1H3. The average molecular weight is 338 g/mol. The topological polar surface area (TPSA) is 33.2 Å². The zero-order valence-electron chi connectivity index (χ0n) is 13.1. The molecule has 0 fully saturated rings. The lowest BCUT2D eigenvalue weighted by Crippen LogP contribution is -2.29. The molecule has 24 heavy (non-hydrogen) atoms. The number of carbonyl (C=O) groups excluding carboxylic acids is 1. The molecule has 0 saturated carbocycles. The number of carbonyl (C=O) groups is 1. The molecule has 0 radical (unpaired) electrons. The molecule has 2 heterocycles. The third kappa shape index (κ3) is 2.51. The van der Waals surface area contributed by atoms with Crippen molar-refractivity contribution in [2.24, 2.45) is 0 Å². The molecule has 1 amide bonds. The predicted molar refractivity (Wildman–Crippen MR) is 94.1 cm³/mol. The maximum Gasteiger partial charge on any atom is 0.277 e. The number of aromatic nitrogens is 1. The molecule has 0 spiro atoms. The van der Waals surface area contributed by atoms with Gasteiger partial charge in [0.05, 0.1) is 5.69 Å². The summed E-state index contributed by atoms with van der Waals surface area (Å²) in [4.78, 5) is 19.1. The summed E-state index contributed by atoms with van der Waals surface area (Å²) in [5.41, 5.74) is 4.58.